The van der Waals surface area contributed by atoms with Crippen LogP contribution >= 0.6 is 15.9 Å². The largest absolute Gasteiger partial charge is 0.337 e. The first-order valence-electron chi connectivity index (χ1n) is 9.32. The molecule has 0 saturated carbocycles. The second kappa shape index (κ2) is 7.38. The first-order valence-corrected chi connectivity index (χ1v) is 10.1. The summed E-state index contributed by atoms with van der Waals surface area (Å²) in [6.45, 7) is 2.21. The molecule has 2 aromatic carbocycles. The summed E-state index contributed by atoms with van der Waals surface area (Å²) in [6, 6.07) is 17.4. The fraction of sp³-hybridized carbons (Fsp3) is 0.0909. The SMILES string of the molecule is Cc1ccccc1-c1cc2c(=O)n(Cc3nc(-c4ccc(Br)cc4)no3)ccn2n1. The van der Waals surface area contributed by atoms with Crippen LogP contribution in [0.3, 0.4) is 0 Å². The molecule has 3 heterocycles. The number of fused-ring (bicyclic) bond motifs is 1. The minimum atomic E-state index is -0.173. The van der Waals surface area contributed by atoms with Gasteiger partial charge in [-0.3, -0.25) is 4.79 Å². The molecule has 0 spiro atoms. The molecule has 0 aliphatic carbocycles. The van der Waals surface area contributed by atoms with Gasteiger partial charge in [-0.25, -0.2) is 4.52 Å². The van der Waals surface area contributed by atoms with Crippen molar-refractivity contribution >= 4 is 21.4 Å². The number of benzene rings is 2. The van der Waals surface area contributed by atoms with Crippen molar-refractivity contribution in [2.24, 2.45) is 0 Å². The van der Waals surface area contributed by atoms with Gasteiger partial charge >= 0.3 is 0 Å². The molecular formula is C22H16BrN5O2. The summed E-state index contributed by atoms with van der Waals surface area (Å²) in [7, 11) is 0. The molecule has 7 nitrogen and oxygen atoms in total. The summed E-state index contributed by atoms with van der Waals surface area (Å²) in [5.74, 6) is 0.843. The van der Waals surface area contributed by atoms with Crippen LogP contribution in [0, 0.1) is 6.92 Å². The van der Waals surface area contributed by atoms with Crippen molar-refractivity contribution in [3.63, 3.8) is 0 Å². The second-order valence-electron chi connectivity index (χ2n) is 6.92. The molecule has 0 atom stereocenters. The zero-order chi connectivity index (χ0) is 20.7. The van der Waals surface area contributed by atoms with Crippen LogP contribution in [0.2, 0.25) is 0 Å². The van der Waals surface area contributed by atoms with Crippen molar-refractivity contribution in [2.45, 2.75) is 13.5 Å². The fourth-order valence-corrected chi connectivity index (χ4v) is 3.59. The van der Waals surface area contributed by atoms with Crippen molar-refractivity contribution in [2.75, 3.05) is 0 Å². The van der Waals surface area contributed by atoms with Crippen molar-refractivity contribution in [1.29, 1.82) is 0 Å². The maximum atomic E-state index is 13.0. The van der Waals surface area contributed by atoms with E-state index in [4.69, 9.17) is 4.52 Å². The summed E-state index contributed by atoms with van der Waals surface area (Å²) in [5, 5.41) is 8.58. The smallest absolute Gasteiger partial charge is 0.277 e. The van der Waals surface area contributed by atoms with Gasteiger partial charge in [-0.15, -0.1) is 0 Å². The van der Waals surface area contributed by atoms with Gasteiger partial charge in [0.1, 0.15) is 12.1 Å². The molecule has 0 radical (unpaired) electrons. The lowest BCUT2D eigenvalue weighted by Gasteiger charge is -2.02. The van der Waals surface area contributed by atoms with Crippen molar-refractivity contribution < 1.29 is 4.52 Å². The minimum Gasteiger partial charge on any atom is -0.337 e. The lowest BCUT2D eigenvalue weighted by Crippen LogP contribution is -2.21. The van der Waals surface area contributed by atoms with E-state index in [1.54, 1.807) is 16.9 Å². The van der Waals surface area contributed by atoms with Crippen LogP contribution in [0.25, 0.3) is 28.2 Å². The Morgan fingerprint density at radius 1 is 1.07 bits per heavy atom. The molecule has 30 heavy (non-hydrogen) atoms. The number of aromatic nitrogens is 5. The van der Waals surface area contributed by atoms with E-state index in [0.717, 1.165) is 26.9 Å². The molecule has 5 rings (SSSR count). The van der Waals surface area contributed by atoms with Gasteiger partial charge in [0.25, 0.3) is 5.56 Å². The molecule has 0 amide bonds. The maximum Gasteiger partial charge on any atom is 0.277 e. The zero-order valence-corrected chi connectivity index (χ0v) is 17.6. The fourth-order valence-electron chi connectivity index (χ4n) is 3.32. The van der Waals surface area contributed by atoms with E-state index in [1.165, 1.54) is 4.57 Å². The van der Waals surface area contributed by atoms with Crippen LogP contribution in [0.5, 0.6) is 0 Å². The highest BCUT2D eigenvalue weighted by atomic mass is 79.9. The summed E-state index contributed by atoms with van der Waals surface area (Å²) in [4.78, 5) is 17.4. The van der Waals surface area contributed by atoms with Crippen molar-refractivity contribution in [1.82, 2.24) is 24.3 Å². The van der Waals surface area contributed by atoms with Crippen LogP contribution < -0.4 is 5.56 Å². The van der Waals surface area contributed by atoms with Gasteiger partial charge < -0.3 is 9.09 Å². The highest BCUT2D eigenvalue weighted by molar-refractivity contribution is 9.10. The summed E-state index contributed by atoms with van der Waals surface area (Å²) in [5.41, 5.74) is 4.03. The van der Waals surface area contributed by atoms with Crippen LogP contribution in [-0.2, 0) is 6.54 Å². The highest BCUT2D eigenvalue weighted by Crippen LogP contribution is 2.22. The average molecular weight is 462 g/mol. The van der Waals surface area contributed by atoms with E-state index < -0.39 is 0 Å². The molecule has 0 saturated heterocycles. The van der Waals surface area contributed by atoms with Crippen LogP contribution in [0.15, 0.2) is 80.8 Å². The number of nitrogens with zero attached hydrogens (tertiary/aromatic N) is 5. The Bertz CT molecular complexity index is 1420. The average Bonchev–Trinajstić information content (AvgIpc) is 3.39. The summed E-state index contributed by atoms with van der Waals surface area (Å²) < 4.78 is 9.47. The second-order valence-corrected chi connectivity index (χ2v) is 7.84. The van der Waals surface area contributed by atoms with Crippen molar-refractivity contribution in [3.05, 3.63) is 93.3 Å². The monoisotopic (exact) mass is 461 g/mol. The number of rotatable bonds is 4. The molecule has 0 aliphatic rings. The Hall–Kier alpha value is -3.52. The number of aryl methyl sites for hydroxylation is 1. The van der Waals surface area contributed by atoms with Crippen LogP contribution in [-0.4, -0.2) is 24.3 Å². The molecule has 148 valence electrons. The van der Waals surface area contributed by atoms with Crippen molar-refractivity contribution in [3.8, 4) is 22.6 Å². The molecule has 3 aromatic heterocycles. The summed E-state index contributed by atoms with van der Waals surface area (Å²) in [6.07, 6.45) is 3.43. The molecule has 0 bridgehead atoms. The quantitative estimate of drug-likeness (QED) is 0.397. The molecule has 0 N–H and O–H groups in total. The topological polar surface area (TPSA) is 78.2 Å². The minimum absolute atomic E-state index is 0.173. The van der Waals surface area contributed by atoms with Gasteiger partial charge in [0.15, 0.2) is 0 Å². The predicted molar refractivity (Wildman–Crippen MR) is 116 cm³/mol. The third kappa shape index (κ3) is 3.35. The van der Waals surface area contributed by atoms with E-state index >= 15 is 0 Å². The first-order chi connectivity index (χ1) is 14.6. The van der Waals surface area contributed by atoms with Crippen LogP contribution in [0.4, 0.5) is 0 Å². The molecular weight excluding hydrogens is 446 g/mol. The number of hydrogen-bond acceptors (Lipinski definition) is 5. The van der Waals surface area contributed by atoms with Gasteiger partial charge in [0.2, 0.25) is 11.7 Å². The van der Waals surface area contributed by atoms with Gasteiger partial charge in [-0.05, 0) is 42.8 Å². The maximum absolute atomic E-state index is 13.0. The Morgan fingerprint density at radius 3 is 2.67 bits per heavy atom. The van der Waals surface area contributed by atoms with Gasteiger partial charge in [0, 0.05) is 28.0 Å². The third-order valence-corrected chi connectivity index (χ3v) is 5.43. The van der Waals surface area contributed by atoms with E-state index in [1.807, 2.05) is 61.5 Å². The number of halogens is 1. The van der Waals surface area contributed by atoms with Gasteiger partial charge in [0.05, 0.1) is 5.69 Å². The van der Waals surface area contributed by atoms with E-state index in [0.29, 0.717) is 17.2 Å². The predicted octanol–water partition coefficient (Wildman–Crippen LogP) is 4.33. The lowest BCUT2D eigenvalue weighted by atomic mass is 10.1. The van der Waals surface area contributed by atoms with Gasteiger partial charge in [-0.2, -0.15) is 10.1 Å². The van der Waals surface area contributed by atoms with E-state index in [-0.39, 0.29) is 12.1 Å². The molecule has 0 aliphatic heterocycles. The van der Waals surface area contributed by atoms with E-state index in [9.17, 15) is 4.79 Å². The van der Waals surface area contributed by atoms with Gasteiger partial charge in [-0.1, -0.05) is 45.4 Å². The Labute approximate surface area is 179 Å². The number of hydrogen-bond donors (Lipinski definition) is 0. The standard InChI is InChI=1S/C22H16BrN5O2/c1-14-4-2-3-5-17(14)18-12-19-22(29)27(10-11-28(19)25-18)13-20-24-21(26-30-20)15-6-8-16(23)9-7-15/h2-12H,13H2,1H3. The zero-order valence-electron chi connectivity index (χ0n) is 16.0. The molecule has 0 fully saturated rings. The van der Waals surface area contributed by atoms with Crippen LogP contribution in [0.1, 0.15) is 11.5 Å². The molecule has 8 heteroatoms. The third-order valence-electron chi connectivity index (χ3n) is 4.90. The molecule has 0 unspecified atom stereocenters. The Kier molecular flexibility index (Phi) is 4.55. The first kappa shape index (κ1) is 18.5. The molecule has 5 aromatic rings. The Balaban J connectivity index is 1.47. The van der Waals surface area contributed by atoms with E-state index in [2.05, 4.69) is 31.2 Å². The summed E-state index contributed by atoms with van der Waals surface area (Å²) >= 11 is 3.41. The highest BCUT2D eigenvalue weighted by Gasteiger charge is 2.13. The normalized spacial score (nSPS) is 11.3. The lowest BCUT2D eigenvalue weighted by molar-refractivity contribution is 0.370. The Morgan fingerprint density at radius 2 is 1.87 bits per heavy atom.